The maximum Gasteiger partial charge on any atom is 0.784 e. The van der Waals surface area contributed by atoms with Crippen molar-refractivity contribution < 1.29 is 80.6 Å². The topological polar surface area (TPSA) is 98.4 Å². The first-order valence-electron chi connectivity index (χ1n) is 31.3. The highest BCUT2D eigenvalue weighted by molar-refractivity contribution is 5.86. The Hall–Kier alpha value is -9.62. The van der Waals surface area contributed by atoms with Gasteiger partial charge in [0.15, 0.2) is 73.4 Å². The van der Waals surface area contributed by atoms with Crippen molar-refractivity contribution in [2.75, 3.05) is 80.1 Å². The lowest BCUT2D eigenvalue weighted by Gasteiger charge is -2.32. The first kappa shape index (κ1) is 62.8. The first-order chi connectivity index (χ1) is 45.7. The Balaban J connectivity index is 0.999. The Bertz CT molecular complexity index is 4470. The number of hydrogen-bond acceptors (Lipinski definition) is 8. The molecular formula is C67H65F12N16+7. The van der Waals surface area contributed by atoms with Crippen LogP contribution in [-0.2, 0) is 18.8 Å². The summed E-state index contributed by atoms with van der Waals surface area (Å²) in [6.45, 7) is 0.516. The van der Waals surface area contributed by atoms with Crippen molar-refractivity contribution >= 4 is 60.0 Å². The molecule has 95 heavy (non-hydrogen) atoms. The van der Waals surface area contributed by atoms with Crippen LogP contribution in [0.4, 0.5) is 75.4 Å². The molecule has 28 heteroatoms. The van der Waals surface area contributed by atoms with Crippen molar-refractivity contribution in [3.05, 3.63) is 194 Å². The lowest BCUT2D eigenvalue weighted by molar-refractivity contribution is -0.978. The zero-order valence-electron chi connectivity index (χ0n) is 51.5. The molecule has 490 valence electrons. The normalized spacial score (nSPS) is 22.7. The minimum Gasteiger partial charge on any atom is -0.382 e. The van der Waals surface area contributed by atoms with E-state index in [0.717, 1.165) is 42.6 Å². The van der Waals surface area contributed by atoms with E-state index in [-0.39, 0.29) is 139 Å². The second kappa shape index (κ2) is 24.3. The molecule has 16 nitrogen and oxygen atoms in total. The maximum absolute atomic E-state index is 17.2. The minimum atomic E-state index is -2.33. The number of halogens is 12. The summed E-state index contributed by atoms with van der Waals surface area (Å²) in [4.78, 5) is 10.6. The molecule has 1 saturated carbocycles. The maximum atomic E-state index is 17.2. The van der Waals surface area contributed by atoms with Gasteiger partial charge in [-0.25, -0.2) is 52.7 Å². The van der Waals surface area contributed by atoms with E-state index < -0.39 is 106 Å². The summed E-state index contributed by atoms with van der Waals surface area (Å²) in [5.41, 5.74) is -1.41. The smallest absolute Gasteiger partial charge is 0.382 e. The standard InChI is InChI=1S/C67H65F12N16/c1-95(2,40-84-67(93-24-7-18-87(93)57-11-9-43(68)30-52(57)75,94-25-8-19-88(94)58-12-10-44(69)31-53(58)76)83-39-60-50-29-47(72)35-56(79)63(50)91-22-5-17-86(60)91)65-64(82-38-42-28-46(71)33-54(77)61(42)81-15-3-14-80)66(65)37-41-27-45(70)34-55(78)62(41)90-21-4-16-85(90)26-13-49-51(74)32-48(73)36-59(49)89-20-6-23-92(66)89/h7,9-12,14,16-18,23-25,27-32,34-36,38,46,60,64-65,80-81,84H,3-6,8,13,15,19-22,26,33,37,40H2,1-2H3/q+7. The van der Waals surface area contributed by atoms with Gasteiger partial charge in [-0.05, 0) is 60.7 Å². The van der Waals surface area contributed by atoms with Crippen LogP contribution in [0.5, 0.6) is 0 Å². The van der Waals surface area contributed by atoms with Gasteiger partial charge in [0.05, 0.1) is 94.5 Å². The summed E-state index contributed by atoms with van der Waals surface area (Å²) in [5.74, 6) is -12.3. The molecule has 1 spiro atoms. The molecule has 2 aliphatic carbocycles. The molecule has 6 aromatic rings. The predicted octanol–water partition coefficient (Wildman–Crippen LogP) is 9.51. The van der Waals surface area contributed by atoms with Gasteiger partial charge in [0, 0.05) is 83.9 Å². The number of rotatable bonds is 14. The molecule has 6 unspecified atom stereocenters. The third-order valence-electron chi connectivity index (χ3n) is 18.8. The van der Waals surface area contributed by atoms with E-state index in [1.54, 1.807) is 55.6 Å². The van der Waals surface area contributed by atoms with Gasteiger partial charge in [0.25, 0.3) is 5.54 Å². The van der Waals surface area contributed by atoms with E-state index in [1.807, 2.05) is 12.4 Å². The van der Waals surface area contributed by atoms with E-state index in [2.05, 4.69) is 16.7 Å². The van der Waals surface area contributed by atoms with Gasteiger partial charge >= 0.3 is 18.0 Å². The molecule has 5 aromatic carbocycles. The highest BCUT2D eigenvalue weighted by Crippen LogP contribution is 2.54. The van der Waals surface area contributed by atoms with Crippen molar-refractivity contribution in [2.45, 2.75) is 87.1 Å². The highest BCUT2D eigenvalue weighted by atomic mass is 19.2. The van der Waals surface area contributed by atoms with Crippen LogP contribution in [0, 0.1) is 69.7 Å². The summed E-state index contributed by atoms with van der Waals surface area (Å²) >= 11 is 0. The molecule has 7 heterocycles. The van der Waals surface area contributed by atoms with Crippen molar-refractivity contribution in [3.63, 3.8) is 0 Å². The number of fused-ring (bicyclic) bond motifs is 10. The number of likely N-dealkylation sites (N-methyl/N-ethyl adjacent to an activating group) is 1. The number of anilines is 4. The van der Waals surface area contributed by atoms with Crippen LogP contribution in [0.15, 0.2) is 119 Å². The molecule has 0 bridgehead atoms. The quantitative estimate of drug-likeness (QED) is 0.0251. The van der Waals surface area contributed by atoms with Crippen LogP contribution in [-0.4, -0.2) is 149 Å². The van der Waals surface area contributed by atoms with Crippen LogP contribution in [0.25, 0.3) is 10.5 Å². The molecule has 1 fully saturated rings. The van der Waals surface area contributed by atoms with Gasteiger partial charge < -0.3 is 15.2 Å². The first-order valence-corrected chi connectivity index (χ1v) is 31.3. The minimum absolute atomic E-state index is 0.00855. The Labute approximate surface area is 537 Å². The lowest BCUT2D eigenvalue weighted by Crippen LogP contribution is -2.75. The second-order valence-corrected chi connectivity index (χ2v) is 25.1. The van der Waals surface area contributed by atoms with E-state index >= 15 is 43.9 Å². The average molecular weight is 1320 g/mol. The number of aromatic nitrogens is 2. The van der Waals surface area contributed by atoms with Gasteiger partial charge in [-0.1, -0.05) is 10.0 Å². The summed E-state index contributed by atoms with van der Waals surface area (Å²) in [6, 6.07) is 13.2. The van der Waals surface area contributed by atoms with Gasteiger partial charge in [-0.2, -0.15) is 10.0 Å². The number of nitrogens with zero attached hydrogens (tertiary/aromatic N) is 13. The summed E-state index contributed by atoms with van der Waals surface area (Å²) in [6.07, 6.45) is 12.4. The Morgan fingerprint density at radius 2 is 1.39 bits per heavy atom. The molecule has 0 saturated heterocycles. The van der Waals surface area contributed by atoms with Crippen molar-refractivity contribution in [2.24, 2.45) is 4.99 Å². The number of aliphatic imine (C=N–C) groups is 1. The van der Waals surface area contributed by atoms with Crippen LogP contribution < -0.4 is 35.4 Å². The number of hydrazine groups is 4. The van der Waals surface area contributed by atoms with Crippen LogP contribution in [0.3, 0.4) is 0 Å². The molecule has 6 aliphatic heterocycles. The zero-order chi connectivity index (χ0) is 66.4. The SMILES string of the molecule is C[N+](C)(CNC([N+]#CC1c2cc(F)cc(F)c2N2CCC=[N+]12)([N+]1=CCCN1c1ccc(F)cc1F)[n+]1cccn1-c1ccc(F)cc1F)C1C(N=CC2=CC(F)CC(F)=C2NCCC=N)C12Cc1cc(F)cc(F)c1N1CCC=[N+]1CCc1c(F)cc(F)cc1N1CCC=[N+]12. The Morgan fingerprint density at radius 1 is 0.726 bits per heavy atom. The number of alkyl halides is 1. The largest absolute Gasteiger partial charge is 0.784 e. The number of hydrogen-bond donors (Lipinski definition) is 3. The summed E-state index contributed by atoms with van der Waals surface area (Å²) in [5, 5.41) is 20.7. The van der Waals surface area contributed by atoms with Crippen LogP contribution in [0.2, 0.25) is 0 Å². The average Bonchev–Trinajstić information content (AvgIpc) is 1.51. The molecular weight excluding hydrogens is 1260 g/mol. The van der Waals surface area contributed by atoms with Crippen LogP contribution >= 0.6 is 0 Å². The molecule has 0 amide bonds. The number of benzene rings is 5. The van der Waals surface area contributed by atoms with E-state index in [9.17, 15) is 8.78 Å². The number of allylic oxidation sites excluding steroid dienone is 3. The molecule has 6 atom stereocenters. The second-order valence-electron chi connectivity index (χ2n) is 25.1. The third-order valence-corrected chi connectivity index (χ3v) is 18.8. The summed E-state index contributed by atoms with van der Waals surface area (Å²) < 4.78 is 202. The molecule has 8 aliphatic rings. The third kappa shape index (κ3) is 10.9. The number of quaternary nitrogens is 1. The van der Waals surface area contributed by atoms with E-state index in [0.29, 0.717) is 25.0 Å². The van der Waals surface area contributed by atoms with E-state index in [1.165, 1.54) is 74.1 Å². The zero-order valence-corrected chi connectivity index (χ0v) is 51.5. The fraction of sp³-hybridized carbons (Fsp3) is 0.343. The monoisotopic (exact) mass is 1320 g/mol. The van der Waals surface area contributed by atoms with Gasteiger partial charge in [0.1, 0.15) is 80.2 Å². The van der Waals surface area contributed by atoms with Crippen molar-refractivity contribution in [1.82, 2.24) is 15.3 Å². The van der Waals surface area contributed by atoms with Gasteiger partial charge in [-0.15, -0.1) is 24.1 Å². The molecule has 14 rings (SSSR count). The molecule has 1 aromatic heterocycles. The van der Waals surface area contributed by atoms with Crippen LogP contribution in [0.1, 0.15) is 61.3 Å². The summed E-state index contributed by atoms with van der Waals surface area (Å²) in [7, 11) is 3.57. The van der Waals surface area contributed by atoms with Crippen molar-refractivity contribution in [1.29, 1.82) is 5.41 Å². The van der Waals surface area contributed by atoms with Gasteiger partial charge in [0.2, 0.25) is 6.20 Å². The number of hydrazone groups is 4. The fourth-order valence-corrected chi connectivity index (χ4v) is 14.9. The molecule has 0 radical (unpaired) electrons. The lowest BCUT2D eigenvalue weighted by atomic mass is 9.99. The van der Waals surface area contributed by atoms with Crippen molar-refractivity contribution in [3.8, 4) is 11.8 Å². The fourth-order valence-electron chi connectivity index (χ4n) is 14.9. The van der Waals surface area contributed by atoms with E-state index in [4.69, 9.17) is 15.2 Å². The highest BCUT2D eigenvalue weighted by Gasteiger charge is 2.84. The number of nitrogens with one attached hydrogen (secondary N) is 3. The predicted molar refractivity (Wildman–Crippen MR) is 331 cm³/mol. The molecule has 3 N–H and O–H groups in total. The van der Waals surface area contributed by atoms with Gasteiger partial charge in [-0.3, -0.25) is 4.99 Å². The Kier molecular flexibility index (Phi) is 16.1. The Morgan fingerprint density at radius 3 is 2.16 bits per heavy atom.